The van der Waals surface area contributed by atoms with Crippen LogP contribution in [0.2, 0.25) is 0 Å². The molecule has 174 valence electrons. The zero-order chi connectivity index (χ0) is 23.4. The van der Waals surface area contributed by atoms with Crippen molar-refractivity contribution in [3.63, 3.8) is 0 Å². The van der Waals surface area contributed by atoms with E-state index in [2.05, 4.69) is 15.3 Å². The standard InChI is InChI=1S/C23H20N4O5S2/c1-13-24-21-17(27(13)15-6-8-34(29,30)11-15)10-16(20-3-2-7-33-20)26-22(21)23(28)25-14-4-5-18-19(9-14)32-12-31-18/h2-5,7,9-10,15H,6,8,11-12H2,1H3,(H,25,28). The SMILES string of the molecule is Cc1nc2c(C(=O)Nc3ccc4c(c3)OCO4)nc(-c3cccs3)cc2n1C1CCS(=O)(=O)C1. The van der Waals surface area contributed by atoms with E-state index in [1.165, 1.54) is 11.3 Å². The van der Waals surface area contributed by atoms with Gasteiger partial charge >= 0.3 is 0 Å². The van der Waals surface area contributed by atoms with Crippen molar-refractivity contribution >= 4 is 43.8 Å². The summed E-state index contributed by atoms with van der Waals surface area (Å²) < 4.78 is 37.0. The highest BCUT2D eigenvalue weighted by molar-refractivity contribution is 7.91. The molecular formula is C23H20N4O5S2. The predicted molar refractivity (Wildman–Crippen MR) is 128 cm³/mol. The van der Waals surface area contributed by atoms with E-state index in [0.717, 1.165) is 4.88 Å². The molecule has 11 heteroatoms. The van der Waals surface area contributed by atoms with Gasteiger partial charge in [0, 0.05) is 11.8 Å². The first kappa shape index (κ1) is 21.1. The highest BCUT2D eigenvalue weighted by Gasteiger charge is 2.32. The summed E-state index contributed by atoms with van der Waals surface area (Å²) >= 11 is 1.52. The van der Waals surface area contributed by atoms with E-state index in [1.54, 1.807) is 18.2 Å². The molecule has 34 heavy (non-hydrogen) atoms. The van der Waals surface area contributed by atoms with E-state index < -0.39 is 15.7 Å². The monoisotopic (exact) mass is 496 g/mol. The average Bonchev–Trinajstić information content (AvgIpc) is 3.58. The molecule has 4 aromatic rings. The lowest BCUT2D eigenvalue weighted by Gasteiger charge is -2.14. The highest BCUT2D eigenvalue weighted by atomic mass is 32.2. The minimum absolute atomic E-state index is 0.0642. The number of amides is 1. The van der Waals surface area contributed by atoms with Gasteiger partial charge in [-0.25, -0.2) is 18.4 Å². The van der Waals surface area contributed by atoms with Gasteiger partial charge < -0.3 is 19.4 Å². The number of nitrogens with zero attached hydrogens (tertiary/aromatic N) is 3. The first-order valence-corrected chi connectivity index (χ1v) is 13.4. The fourth-order valence-electron chi connectivity index (χ4n) is 4.52. The Morgan fingerprint density at radius 1 is 1.18 bits per heavy atom. The van der Waals surface area contributed by atoms with Crippen LogP contribution in [0.25, 0.3) is 21.6 Å². The number of sulfone groups is 1. The van der Waals surface area contributed by atoms with E-state index in [0.29, 0.717) is 46.2 Å². The molecule has 0 saturated carbocycles. The molecule has 1 unspecified atom stereocenters. The van der Waals surface area contributed by atoms with Crippen LogP contribution in [-0.2, 0) is 9.84 Å². The number of pyridine rings is 1. The van der Waals surface area contributed by atoms with Crippen LogP contribution < -0.4 is 14.8 Å². The molecule has 5 heterocycles. The number of aromatic nitrogens is 3. The van der Waals surface area contributed by atoms with Gasteiger partial charge in [0.05, 0.1) is 33.6 Å². The quantitative estimate of drug-likeness (QED) is 0.457. The molecule has 1 atom stereocenters. The molecule has 9 nitrogen and oxygen atoms in total. The fourth-order valence-corrected chi connectivity index (χ4v) is 6.91. The van der Waals surface area contributed by atoms with Crippen molar-refractivity contribution in [3.8, 4) is 22.1 Å². The lowest BCUT2D eigenvalue weighted by atomic mass is 10.2. The van der Waals surface area contributed by atoms with Crippen LogP contribution in [0.1, 0.15) is 28.8 Å². The third kappa shape index (κ3) is 3.61. The van der Waals surface area contributed by atoms with Crippen LogP contribution in [0, 0.1) is 6.92 Å². The minimum atomic E-state index is -3.10. The number of rotatable bonds is 4. The van der Waals surface area contributed by atoms with Gasteiger partial charge in [0.15, 0.2) is 27.0 Å². The number of carbonyl (C=O) groups is 1. The zero-order valence-electron chi connectivity index (χ0n) is 18.1. The average molecular weight is 497 g/mol. The van der Waals surface area contributed by atoms with Crippen LogP contribution in [0.3, 0.4) is 0 Å². The normalized spacial score (nSPS) is 18.4. The second-order valence-electron chi connectivity index (χ2n) is 8.31. The molecule has 1 aromatic carbocycles. The number of ether oxygens (including phenoxy) is 2. The molecule has 2 aliphatic heterocycles. The Morgan fingerprint density at radius 3 is 2.79 bits per heavy atom. The second-order valence-corrected chi connectivity index (χ2v) is 11.5. The predicted octanol–water partition coefficient (Wildman–Crippen LogP) is 3.81. The largest absolute Gasteiger partial charge is 0.454 e. The van der Waals surface area contributed by atoms with Gasteiger partial charge in [0.25, 0.3) is 5.91 Å². The van der Waals surface area contributed by atoms with E-state index >= 15 is 0 Å². The Bertz CT molecular complexity index is 1540. The molecule has 2 aliphatic rings. The lowest BCUT2D eigenvalue weighted by Crippen LogP contribution is -2.15. The summed E-state index contributed by atoms with van der Waals surface area (Å²) in [6.45, 7) is 1.97. The van der Waals surface area contributed by atoms with E-state index in [9.17, 15) is 13.2 Å². The summed E-state index contributed by atoms with van der Waals surface area (Å²) in [6, 6.07) is 10.7. The second kappa shape index (κ2) is 7.81. The third-order valence-electron chi connectivity index (χ3n) is 6.05. The van der Waals surface area contributed by atoms with Crippen LogP contribution in [-0.4, -0.2) is 47.2 Å². The topological polar surface area (TPSA) is 112 Å². The summed E-state index contributed by atoms with van der Waals surface area (Å²) in [5.41, 5.74) is 2.51. The Labute approximate surface area is 199 Å². The highest BCUT2D eigenvalue weighted by Crippen LogP contribution is 2.36. The van der Waals surface area contributed by atoms with Crippen molar-refractivity contribution in [2.75, 3.05) is 23.6 Å². The van der Waals surface area contributed by atoms with Crippen LogP contribution in [0.4, 0.5) is 5.69 Å². The first-order valence-electron chi connectivity index (χ1n) is 10.7. The number of thiophene rings is 1. The number of anilines is 1. The Kier molecular flexibility index (Phi) is 4.85. The number of hydrogen-bond acceptors (Lipinski definition) is 8. The number of fused-ring (bicyclic) bond motifs is 2. The van der Waals surface area contributed by atoms with Crippen molar-refractivity contribution in [2.24, 2.45) is 0 Å². The van der Waals surface area contributed by atoms with Gasteiger partial charge in [-0.3, -0.25) is 4.79 Å². The number of aryl methyl sites for hydroxylation is 1. The molecular weight excluding hydrogens is 476 g/mol. The summed E-state index contributed by atoms with van der Waals surface area (Å²) in [7, 11) is -3.10. The third-order valence-corrected chi connectivity index (χ3v) is 8.69. The van der Waals surface area contributed by atoms with Gasteiger partial charge in [-0.15, -0.1) is 11.3 Å². The van der Waals surface area contributed by atoms with Crippen molar-refractivity contribution in [1.82, 2.24) is 14.5 Å². The van der Waals surface area contributed by atoms with Crippen molar-refractivity contribution < 1.29 is 22.7 Å². The van der Waals surface area contributed by atoms with Gasteiger partial charge in [-0.05, 0) is 43.0 Å². The van der Waals surface area contributed by atoms with Gasteiger partial charge in [0.2, 0.25) is 6.79 Å². The Morgan fingerprint density at radius 2 is 2.03 bits per heavy atom. The smallest absolute Gasteiger partial charge is 0.276 e. The number of nitrogens with one attached hydrogen (secondary N) is 1. The molecule has 1 N–H and O–H groups in total. The van der Waals surface area contributed by atoms with E-state index in [-0.39, 0.29) is 30.0 Å². The van der Waals surface area contributed by atoms with Gasteiger partial charge in [0.1, 0.15) is 11.3 Å². The molecule has 3 aromatic heterocycles. The van der Waals surface area contributed by atoms with E-state index in [1.807, 2.05) is 35.1 Å². The van der Waals surface area contributed by atoms with Crippen LogP contribution in [0.5, 0.6) is 11.5 Å². The van der Waals surface area contributed by atoms with Gasteiger partial charge in [-0.1, -0.05) is 6.07 Å². The Balaban J connectivity index is 1.46. The van der Waals surface area contributed by atoms with Crippen LogP contribution in [0.15, 0.2) is 41.8 Å². The molecule has 6 rings (SSSR count). The molecule has 1 saturated heterocycles. The van der Waals surface area contributed by atoms with E-state index in [4.69, 9.17) is 9.47 Å². The van der Waals surface area contributed by atoms with Gasteiger partial charge in [-0.2, -0.15) is 0 Å². The molecule has 0 bridgehead atoms. The minimum Gasteiger partial charge on any atom is -0.454 e. The van der Waals surface area contributed by atoms with Crippen molar-refractivity contribution in [1.29, 1.82) is 0 Å². The maximum atomic E-state index is 13.4. The summed E-state index contributed by atoms with van der Waals surface area (Å²) in [5.74, 6) is 1.64. The Hall–Kier alpha value is -3.44. The maximum Gasteiger partial charge on any atom is 0.276 e. The molecule has 1 fully saturated rings. The number of imidazole rings is 1. The molecule has 0 spiro atoms. The lowest BCUT2D eigenvalue weighted by molar-refractivity contribution is 0.102. The molecule has 1 amide bonds. The number of benzene rings is 1. The first-order chi connectivity index (χ1) is 16.4. The zero-order valence-corrected chi connectivity index (χ0v) is 19.8. The van der Waals surface area contributed by atoms with Crippen molar-refractivity contribution in [3.05, 3.63) is 53.3 Å². The number of carbonyl (C=O) groups excluding carboxylic acids is 1. The maximum absolute atomic E-state index is 13.4. The summed E-state index contributed by atoms with van der Waals surface area (Å²) in [5, 5.41) is 4.83. The molecule has 0 aliphatic carbocycles. The van der Waals surface area contributed by atoms with Crippen molar-refractivity contribution in [2.45, 2.75) is 19.4 Å². The number of hydrogen-bond donors (Lipinski definition) is 1. The summed E-state index contributed by atoms with van der Waals surface area (Å²) in [4.78, 5) is 23.6. The fraction of sp³-hybridized carbons (Fsp3) is 0.261. The molecule has 0 radical (unpaired) electrons. The summed E-state index contributed by atoms with van der Waals surface area (Å²) in [6.07, 6.45) is 0.518. The van der Waals surface area contributed by atoms with Crippen LogP contribution >= 0.6 is 11.3 Å².